The van der Waals surface area contributed by atoms with E-state index in [-0.39, 0.29) is 29.8 Å². The number of nitrogens with zero attached hydrogens (tertiary/aromatic N) is 1. The Morgan fingerprint density at radius 2 is 1.74 bits per heavy atom. The van der Waals surface area contributed by atoms with Crippen LogP contribution in [0, 0.1) is 18.8 Å². The lowest BCUT2D eigenvalue weighted by molar-refractivity contribution is -0.144. The molecule has 3 heterocycles. The predicted octanol–water partition coefficient (Wildman–Crippen LogP) is 1.78. The van der Waals surface area contributed by atoms with Crippen LogP contribution in [0.15, 0.2) is 71.6 Å². The number of aryl methyl sites for hydroxylation is 1. The lowest BCUT2D eigenvalue weighted by Crippen LogP contribution is -2.48. The van der Waals surface area contributed by atoms with Crippen LogP contribution in [-0.4, -0.2) is 43.4 Å². The number of carbonyl (C=O) groups is 2. The minimum absolute atomic E-state index is 0.116. The van der Waals surface area contributed by atoms with Gasteiger partial charge in [0.05, 0.1) is 29.4 Å². The summed E-state index contributed by atoms with van der Waals surface area (Å²) >= 11 is 0. The van der Waals surface area contributed by atoms with E-state index in [0.29, 0.717) is 0 Å². The van der Waals surface area contributed by atoms with Gasteiger partial charge in [0, 0.05) is 6.54 Å². The summed E-state index contributed by atoms with van der Waals surface area (Å²) in [6.07, 6.45) is 2.97. The van der Waals surface area contributed by atoms with Crippen molar-refractivity contribution in [3.8, 4) is 0 Å². The molecule has 0 unspecified atom stereocenters. The molecular weight excluding hydrogens is 416 g/mol. The minimum Gasteiger partial charge on any atom is -0.361 e. The molecule has 2 saturated heterocycles. The molecule has 5 rings (SSSR count). The van der Waals surface area contributed by atoms with Crippen LogP contribution in [0.1, 0.15) is 11.1 Å². The summed E-state index contributed by atoms with van der Waals surface area (Å²) in [7, 11) is -3.79. The highest BCUT2D eigenvalue weighted by Crippen LogP contribution is 2.51. The molecular formula is C23H22N2O5S. The van der Waals surface area contributed by atoms with Crippen LogP contribution in [0.3, 0.4) is 0 Å². The molecule has 0 radical (unpaired) electrons. The first-order valence-electron chi connectivity index (χ1n) is 10.1. The van der Waals surface area contributed by atoms with Crippen molar-refractivity contribution in [3.63, 3.8) is 0 Å². The SMILES string of the molecule is Cc1ccc(S(=O)(=O)NC[C@@]23C=C[C@@H](O2)[C@@H]2C(=O)N(Cc4ccccc4)C(=O)[C@H]23)cc1. The molecule has 4 atom stereocenters. The quantitative estimate of drug-likeness (QED) is 0.548. The van der Waals surface area contributed by atoms with Crippen LogP contribution in [0.5, 0.6) is 0 Å². The molecule has 0 spiro atoms. The maximum Gasteiger partial charge on any atom is 0.240 e. The Labute approximate surface area is 180 Å². The summed E-state index contributed by atoms with van der Waals surface area (Å²) in [5.74, 6) is -1.94. The summed E-state index contributed by atoms with van der Waals surface area (Å²) in [5, 5.41) is 0. The second-order valence-electron chi connectivity index (χ2n) is 8.29. The van der Waals surface area contributed by atoms with E-state index in [1.807, 2.05) is 37.3 Å². The van der Waals surface area contributed by atoms with Gasteiger partial charge in [0.1, 0.15) is 5.60 Å². The fourth-order valence-electron chi connectivity index (χ4n) is 4.70. The van der Waals surface area contributed by atoms with Crippen molar-refractivity contribution in [1.82, 2.24) is 9.62 Å². The number of nitrogens with one attached hydrogen (secondary N) is 1. The minimum atomic E-state index is -3.79. The van der Waals surface area contributed by atoms with Gasteiger partial charge in [-0.1, -0.05) is 60.2 Å². The van der Waals surface area contributed by atoms with Gasteiger partial charge in [-0.2, -0.15) is 0 Å². The van der Waals surface area contributed by atoms with Gasteiger partial charge < -0.3 is 4.74 Å². The summed E-state index contributed by atoms with van der Waals surface area (Å²) < 4.78 is 34.1. The van der Waals surface area contributed by atoms with Crippen molar-refractivity contribution >= 4 is 21.8 Å². The zero-order valence-corrected chi connectivity index (χ0v) is 17.7. The van der Waals surface area contributed by atoms with E-state index in [9.17, 15) is 18.0 Å². The van der Waals surface area contributed by atoms with Gasteiger partial charge in [-0.05, 0) is 24.6 Å². The van der Waals surface area contributed by atoms with Gasteiger partial charge in [-0.15, -0.1) is 0 Å². The van der Waals surface area contributed by atoms with Gasteiger partial charge in [-0.3, -0.25) is 14.5 Å². The number of carbonyl (C=O) groups excluding carboxylic acids is 2. The molecule has 2 aromatic carbocycles. The first-order chi connectivity index (χ1) is 14.8. The number of rotatable bonds is 6. The highest BCUT2D eigenvalue weighted by Gasteiger charge is 2.67. The second kappa shape index (κ2) is 7.12. The van der Waals surface area contributed by atoms with Crippen molar-refractivity contribution < 1.29 is 22.7 Å². The fraction of sp³-hybridized carbons (Fsp3) is 0.304. The lowest BCUT2D eigenvalue weighted by Gasteiger charge is -2.29. The molecule has 0 aromatic heterocycles. The van der Waals surface area contributed by atoms with Gasteiger partial charge >= 0.3 is 0 Å². The number of hydrogen-bond acceptors (Lipinski definition) is 5. The number of sulfonamides is 1. The zero-order valence-electron chi connectivity index (χ0n) is 16.9. The Morgan fingerprint density at radius 1 is 1.03 bits per heavy atom. The van der Waals surface area contributed by atoms with Crippen LogP contribution >= 0.6 is 0 Å². The number of hydrogen-bond donors (Lipinski definition) is 1. The third-order valence-corrected chi connectivity index (χ3v) is 7.72. The van der Waals surface area contributed by atoms with Crippen molar-refractivity contribution in [2.75, 3.05) is 6.54 Å². The van der Waals surface area contributed by atoms with Crippen LogP contribution in [0.25, 0.3) is 0 Å². The molecule has 31 heavy (non-hydrogen) atoms. The molecule has 0 saturated carbocycles. The highest BCUT2D eigenvalue weighted by atomic mass is 32.2. The standard InChI is InChI=1S/C23H22N2O5S/c1-15-7-9-17(10-8-15)31(28,29)24-14-23-12-11-18(30-23)19-20(23)22(27)25(21(19)26)13-16-5-3-2-4-6-16/h2-12,18-20,24H,13-14H2,1H3/t18-,19+,20+,23-/m1/s1. The topological polar surface area (TPSA) is 92.8 Å². The Bertz CT molecular complexity index is 1180. The van der Waals surface area contributed by atoms with E-state index in [1.165, 1.54) is 17.0 Å². The Balaban J connectivity index is 1.38. The van der Waals surface area contributed by atoms with E-state index in [0.717, 1.165) is 11.1 Å². The lowest BCUT2D eigenvalue weighted by atomic mass is 9.77. The number of ether oxygens (including phenoxy) is 1. The molecule has 2 aromatic rings. The maximum atomic E-state index is 13.2. The third-order valence-electron chi connectivity index (χ3n) is 6.30. The van der Waals surface area contributed by atoms with E-state index in [2.05, 4.69) is 4.72 Å². The van der Waals surface area contributed by atoms with E-state index in [4.69, 9.17) is 4.74 Å². The monoisotopic (exact) mass is 438 g/mol. The number of benzene rings is 2. The summed E-state index contributed by atoms with van der Waals surface area (Å²) in [6, 6.07) is 15.8. The number of likely N-dealkylation sites (tertiary alicyclic amines) is 1. The predicted molar refractivity (Wildman–Crippen MR) is 112 cm³/mol. The molecule has 2 bridgehead atoms. The van der Waals surface area contributed by atoms with Gasteiger partial charge in [-0.25, -0.2) is 13.1 Å². The molecule has 2 amide bonds. The smallest absolute Gasteiger partial charge is 0.240 e. The Kier molecular flexibility index (Phi) is 4.62. The number of amides is 2. The third kappa shape index (κ3) is 3.22. The van der Waals surface area contributed by atoms with E-state index in [1.54, 1.807) is 24.3 Å². The highest BCUT2D eigenvalue weighted by molar-refractivity contribution is 7.89. The van der Waals surface area contributed by atoms with Crippen LogP contribution < -0.4 is 4.72 Å². The normalized spacial score (nSPS) is 29.1. The molecule has 8 heteroatoms. The Hall–Kier alpha value is -2.81. The average molecular weight is 439 g/mol. The first kappa shape index (κ1) is 20.1. The number of fused-ring (bicyclic) bond motifs is 5. The maximum absolute atomic E-state index is 13.2. The van der Waals surface area contributed by atoms with E-state index >= 15 is 0 Å². The van der Waals surface area contributed by atoms with Crippen LogP contribution in [-0.2, 0) is 30.9 Å². The number of imide groups is 1. The molecule has 0 aliphatic carbocycles. The van der Waals surface area contributed by atoms with E-state index < -0.39 is 33.6 Å². The largest absolute Gasteiger partial charge is 0.361 e. The van der Waals surface area contributed by atoms with Crippen molar-refractivity contribution in [1.29, 1.82) is 0 Å². The molecule has 160 valence electrons. The van der Waals surface area contributed by atoms with Crippen molar-refractivity contribution in [2.24, 2.45) is 11.8 Å². The summed E-state index contributed by atoms with van der Waals surface area (Å²) in [6.45, 7) is 1.96. The summed E-state index contributed by atoms with van der Waals surface area (Å²) in [4.78, 5) is 27.7. The molecule has 1 N–H and O–H groups in total. The fourth-order valence-corrected chi connectivity index (χ4v) is 5.77. The average Bonchev–Trinajstić information content (AvgIpc) is 3.40. The van der Waals surface area contributed by atoms with Crippen molar-refractivity contribution in [3.05, 3.63) is 77.9 Å². The van der Waals surface area contributed by atoms with Gasteiger partial charge in [0.25, 0.3) is 0 Å². The first-order valence-corrected chi connectivity index (χ1v) is 11.6. The second-order valence-corrected chi connectivity index (χ2v) is 10.1. The zero-order chi connectivity index (χ0) is 21.8. The van der Waals surface area contributed by atoms with Crippen LogP contribution in [0.2, 0.25) is 0 Å². The molecule has 7 nitrogen and oxygen atoms in total. The van der Waals surface area contributed by atoms with Crippen LogP contribution in [0.4, 0.5) is 0 Å². The molecule has 2 fully saturated rings. The summed E-state index contributed by atoms with van der Waals surface area (Å²) in [5.41, 5.74) is 0.653. The Morgan fingerprint density at radius 3 is 2.45 bits per heavy atom. The van der Waals surface area contributed by atoms with Gasteiger partial charge in [0.2, 0.25) is 21.8 Å². The van der Waals surface area contributed by atoms with Crippen molar-refractivity contribution in [2.45, 2.75) is 30.1 Å². The molecule has 3 aliphatic heterocycles. The van der Waals surface area contributed by atoms with Gasteiger partial charge in [0.15, 0.2) is 0 Å². The molecule has 3 aliphatic rings.